The van der Waals surface area contributed by atoms with Gasteiger partial charge in [-0.15, -0.1) is 0 Å². The van der Waals surface area contributed by atoms with Crippen molar-refractivity contribution in [3.05, 3.63) is 0 Å². The third-order valence-corrected chi connectivity index (χ3v) is 3.59. The van der Waals surface area contributed by atoms with Crippen LogP contribution in [0.5, 0.6) is 0 Å². The van der Waals surface area contributed by atoms with Crippen LogP contribution in [0.4, 0.5) is 22.0 Å². The van der Waals surface area contributed by atoms with Crippen molar-refractivity contribution in [2.24, 2.45) is 5.41 Å². The highest BCUT2D eigenvalue weighted by Crippen LogP contribution is 2.48. The van der Waals surface area contributed by atoms with Gasteiger partial charge in [-0.05, 0) is 32.4 Å². The van der Waals surface area contributed by atoms with Crippen molar-refractivity contribution >= 4 is 0 Å². The van der Waals surface area contributed by atoms with Crippen LogP contribution in [0.1, 0.15) is 33.1 Å². The van der Waals surface area contributed by atoms with Gasteiger partial charge in [0.25, 0.3) is 5.92 Å². The standard InChI is InChI=1S/C11H18F5N/c1-3-10(11(14,15)16)4-6-17(7-5-10)8-9(2,12)13/h3-8H2,1-2H3. The van der Waals surface area contributed by atoms with Crippen molar-refractivity contribution < 1.29 is 22.0 Å². The molecule has 0 amide bonds. The number of hydrogen-bond donors (Lipinski definition) is 0. The Morgan fingerprint density at radius 1 is 1.06 bits per heavy atom. The number of rotatable bonds is 3. The van der Waals surface area contributed by atoms with Gasteiger partial charge in [0.2, 0.25) is 0 Å². The van der Waals surface area contributed by atoms with Gasteiger partial charge in [0.1, 0.15) is 0 Å². The molecule has 6 heteroatoms. The summed E-state index contributed by atoms with van der Waals surface area (Å²) in [6, 6.07) is 0. The number of alkyl halides is 5. The summed E-state index contributed by atoms with van der Waals surface area (Å²) in [5.74, 6) is -2.84. The fourth-order valence-electron chi connectivity index (χ4n) is 2.37. The Morgan fingerprint density at radius 2 is 1.53 bits per heavy atom. The van der Waals surface area contributed by atoms with Gasteiger partial charge >= 0.3 is 6.18 Å². The van der Waals surface area contributed by atoms with E-state index in [2.05, 4.69) is 0 Å². The molecular formula is C11H18F5N. The fraction of sp³-hybridized carbons (Fsp3) is 1.00. The minimum absolute atomic E-state index is 0.0207. The first-order valence-electron chi connectivity index (χ1n) is 5.76. The van der Waals surface area contributed by atoms with E-state index in [4.69, 9.17) is 0 Å². The second-order valence-electron chi connectivity index (χ2n) is 4.98. The Balaban J connectivity index is 2.60. The van der Waals surface area contributed by atoms with Crippen LogP contribution in [0, 0.1) is 5.41 Å². The first-order valence-corrected chi connectivity index (χ1v) is 5.76. The van der Waals surface area contributed by atoms with Crippen LogP contribution in [-0.2, 0) is 0 Å². The number of piperidine rings is 1. The molecule has 0 unspecified atom stereocenters. The normalized spacial score (nSPS) is 22.8. The molecule has 1 nitrogen and oxygen atoms in total. The molecular weight excluding hydrogens is 241 g/mol. The maximum atomic E-state index is 12.9. The lowest BCUT2D eigenvalue weighted by Crippen LogP contribution is -2.49. The summed E-state index contributed by atoms with van der Waals surface area (Å²) < 4.78 is 64.2. The maximum absolute atomic E-state index is 12.9. The van der Waals surface area contributed by atoms with Crippen LogP contribution >= 0.6 is 0 Å². The SMILES string of the molecule is CCC1(C(F)(F)F)CCN(CC(C)(F)F)CC1. The molecule has 1 aliphatic heterocycles. The van der Waals surface area contributed by atoms with Crippen molar-refractivity contribution in [1.82, 2.24) is 4.90 Å². The van der Waals surface area contributed by atoms with E-state index >= 15 is 0 Å². The Morgan fingerprint density at radius 3 is 1.82 bits per heavy atom. The zero-order valence-electron chi connectivity index (χ0n) is 10.1. The summed E-state index contributed by atoms with van der Waals surface area (Å²) >= 11 is 0. The molecule has 102 valence electrons. The zero-order chi connectivity index (χ0) is 13.3. The smallest absolute Gasteiger partial charge is 0.297 e. The van der Waals surface area contributed by atoms with Crippen LogP contribution in [0.25, 0.3) is 0 Å². The molecule has 1 saturated heterocycles. The molecule has 1 fully saturated rings. The average Bonchev–Trinajstić information content (AvgIpc) is 2.15. The van der Waals surface area contributed by atoms with E-state index in [0.717, 1.165) is 6.92 Å². The predicted molar refractivity (Wildman–Crippen MR) is 55.1 cm³/mol. The van der Waals surface area contributed by atoms with Crippen LogP contribution in [0.2, 0.25) is 0 Å². The molecule has 17 heavy (non-hydrogen) atoms. The number of halogens is 5. The highest BCUT2D eigenvalue weighted by molar-refractivity contribution is 4.91. The summed E-state index contributed by atoms with van der Waals surface area (Å²) in [5, 5.41) is 0. The average molecular weight is 259 g/mol. The molecule has 0 aromatic carbocycles. The summed E-state index contributed by atoms with van der Waals surface area (Å²) in [6.07, 6.45) is -4.37. The molecule has 1 rings (SSSR count). The highest BCUT2D eigenvalue weighted by atomic mass is 19.4. The summed E-state index contributed by atoms with van der Waals surface area (Å²) in [5.41, 5.74) is -1.67. The van der Waals surface area contributed by atoms with Crippen LogP contribution in [-0.4, -0.2) is 36.6 Å². The molecule has 1 aliphatic rings. The summed E-state index contributed by atoms with van der Waals surface area (Å²) in [4.78, 5) is 1.42. The number of likely N-dealkylation sites (tertiary alicyclic amines) is 1. The van der Waals surface area contributed by atoms with Gasteiger partial charge in [-0.3, -0.25) is 4.90 Å². The van der Waals surface area contributed by atoms with E-state index in [-0.39, 0.29) is 32.4 Å². The minimum atomic E-state index is -4.23. The summed E-state index contributed by atoms with van der Waals surface area (Å²) in [6.45, 7) is 2.04. The second kappa shape index (κ2) is 4.71. The van der Waals surface area contributed by atoms with Crippen LogP contribution in [0.15, 0.2) is 0 Å². The van der Waals surface area contributed by atoms with E-state index in [1.165, 1.54) is 11.8 Å². The van der Waals surface area contributed by atoms with Gasteiger partial charge in [0, 0.05) is 6.92 Å². The molecule has 0 saturated carbocycles. The van der Waals surface area contributed by atoms with Crippen molar-refractivity contribution in [3.8, 4) is 0 Å². The largest absolute Gasteiger partial charge is 0.394 e. The monoisotopic (exact) mass is 259 g/mol. The van der Waals surface area contributed by atoms with Crippen molar-refractivity contribution in [2.45, 2.75) is 45.2 Å². The van der Waals surface area contributed by atoms with E-state index in [1.54, 1.807) is 0 Å². The highest BCUT2D eigenvalue weighted by Gasteiger charge is 2.54. The van der Waals surface area contributed by atoms with E-state index < -0.39 is 24.1 Å². The van der Waals surface area contributed by atoms with E-state index in [9.17, 15) is 22.0 Å². The van der Waals surface area contributed by atoms with E-state index in [0.29, 0.717) is 0 Å². The Bertz CT molecular complexity index is 248. The topological polar surface area (TPSA) is 3.24 Å². The third-order valence-electron chi connectivity index (χ3n) is 3.59. The van der Waals surface area contributed by atoms with Gasteiger partial charge < -0.3 is 0 Å². The molecule has 0 spiro atoms. The lowest BCUT2D eigenvalue weighted by molar-refractivity contribution is -0.240. The number of hydrogen-bond acceptors (Lipinski definition) is 1. The molecule has 0 radical (unpaired) electrons. The first kappa shape index (κ1) is 14.7. The first-order chi connectivity index (χ1) is 7.60. The Hall–Kier alpha value is -0.390. The zero-order valence-corrected chi connectivity index (χ0v) is 10.1. The third kappa shape index (κ3) is 3.53. The molecule has 0 aliphatic carbocycles. The second-order valence-corrected chi connectivity index (χ2v) is 4.98. The van der Waals surface area contributed by atoms with Gasteiger partial charge in [0.05, 0.1) is 12.0 Å². The predicted octanol–water partition coefficient (Wildman–Crippen LogP) is 3.70. The Labute approximate surface area is 98.0 Å². The molecule has 0 bridgehead atoms. The molecule has 0 N–H and O–H groups in total. The lowest BCUT2D eigenvalue weighted by Gasteiger charge is -2.42. The lowest BCUT2D eigenvalue weighted by atomic mass is 9.75. The molecule has 0 aromatic rings. The quantitative estimate of drug-likeness (QED) is 0.699. The van der Waals surface area contributed by atoms with Gasteiger partial charge in [-0.1, -0.05) is 6.92 Å². The van der Waals surface area contributed by atoms with E-state index in [1.807, 2.05) is 0 Å². The van der Waals surface area contributed by atoms with Crippen molar-refractivity contribution in [3.63, 3.8) is 0 Å². The molecule has 0 aromatic heterocycles. The maximum Gasteiger partial charge on any atom is 0.394 e. The molecule has 0 atom stereocenters. The molecule has 1 heterocycles. The number of nitrogens with zero attached hydrogens (tertiary/aromatic N) is 1. The van der Waals surface area contributed by atoms with Crippen molar-refractivity contribution in [1.29, 1.82) is 0 Å². The van der Waals surface area contributed by atoms with Gasteiger partial charge in [-0.25, -0.2) is 8.78 Å². The fourth-order valence-corrected chi connectivity index (χ4v) is 2.37. The van der Waals surface area contributed by atoms with Crippen LogP contribution < -0.4 is 0 Å². The van der Waals surface area contributed by atoms with Gasteiger partial charge in [0.15, 0.2) is 0 Å². The summed E-state index contributed by atoms with van der Waals surface area (Å²) in [7, 11) is 0. The van der Waals surface area contributed by atoms with Gasteiger partial charge in [-0.2, -0.15) is 13.2 Å². The van der Waals surface area contributed by atoms with Crippen LogP contribution in [0.3, 0.4) is 0 Å². The minimum Gasteiger partial charge on any atom is -0.297 e. The Kier molecular flexibility index (Phi) is 4.06. The van der Waals surface area contributed by atoms with Crippen molar-refractivity contribution in [2.75, 3.05) is 19.6 Å².